The maximum Gasteiger partial charge on any atom is 0.186 e. The third-order valence-corrected chi connectivity index (χ3v) is 8.60. The van der Waals surface area contributed by atoms with E-state index in [0.29, 0.717) is 0 Å². The molecule has 4 rings (SSSR count). The van der Waals surface area contributed by atoms with Gasteiger partial charge in [-0.25, -0.2) is 4.67 Å². The van der Waals surface area contributed by atoms with Gasteiger partial charge in [0.2, 0.25) is 0 Å². The lowest BCUT2D eigenvalue weighted by molar-refractivity contribution is 0.361. The summed E-state index contributed by atoms with van der Waals surface area (Å²) in [5.41, 5.74) is 1.28. The summed E-state index contributed by atoms with van der Waals surface area (Å²) in [5.74, 6) is 0.249. The summed E-state index contributed by atoms with van der Waals surface area (Å²) in [5, 5.41) is 0.955. The minimum Gasteiger partial charge on any atom is -0.301 e. The molecule has 1 aliphatic heterocycles. The zero-order valence-corrected chi connectivity index (χ0v) is 14.0. The van der Waals surface area contributed by atoms with Crippen LogP contribution in [0, 0.1) is 5.92 Å². The van der Waals surface area contributed by atoms with Gasteiger partial charge in [-0.2, -0.15) is 0 Å². The fourth-order valence-corrected chi connectivity index (χ4v) is 7.43. The third kappa shape index (κ3) is 2.17. The molecule has 1 fully saturated rings. The smallest absolute Gasteiger partial charge is 0.186 e. The van der Waals surface area contributed by atoms with Crippen molar-refractivity contribution < 1.29 is 4.57 Å². The Hall–Kier alpha value is -1.89. The van der Waals surface area contributed by atoms with Crippen LogP contribution in [0.5, 0.6) is 0 Å². The van der Waals surface area contributed by atoms with Gasteiger partial charge in [0.05, 0.1) is 5.66 Å². The lowest BCUT2D eigenvalue weighted by atomic mass is 9.88. The molecule has 0 radical (unpaired) electrons. The molecule has 116 valence electrons. The molecule has 23 heavy (non-hydrogen) atoms. The second-order valence-corrected chi connectivity index (χ2v) is 9.21. The van der Waals surface area contributed by atoms with Crippen LogP contribution in [0.4, 0.5) is 0 Å². The monoisotopic (exact) mass is 321 g/mol. The summed E-state index contributed by atoms with van der Waals surface area (Å²) >= 11 is 0. The number of hydrogen-bond donors (Lipinski definition) is 0. The van der Waals surface area contributed by atoms with Crippen molar-refractivity contribution >= 4 is 12.6 Å². The maximum absolute atomic E-state index is 14.1. The van der Waals surface area contributed by atoms with Crippen LogP contribution in [0.2, 0.25) is 0 Å². The summed E-state index contributed by atoms with van der Waals surface area (Å²) in [6.45, 7) is 0. The molecule has 2 nitrogen and oxygen atoms in total. The normalized spacial score (nSPS) is 32.8. The number of nitrogens with zero attached hydrogens (tertiary/aromatic N) is 1. The van der Waals surface area contributed by atoms with Gasteiger partial charge >= 0.3 is 0 Å². The molecule has 1 heterocycles. The Labute approximate surface area is 137 Å². The number of benzene rings is 2. The molecule has 1 aliphatic carbocycles. The SMILES string of the molecule is CN1[C@H](c2ccccc2)[C@H]2C=CC=C[C@@H]2[P@]1(=O)c1ccccc1. The first-order valence-corrected chi connectivity index (χ1v) is 9.74. The molecule has 0 unspecified atom stereocenters. The highest BCUT2D eigenvalue weighted by molar-refractivity contribution is 7.70. The second kappa shape index (κ2) is 5.63. The van der Waals surface area contributed by atoms with Gasteiger partial charge in [0.1, 0.15) is 0 Å². The van der Waals surface area contributed by atoms with E-state index in [4.69, 9.17) is 0 Å². The molecule has 0 N–H and O–H groups in total. The van der Waals surface area contributed by atoms with Gasteiger partial charge in [0, 0.05) is 17.3 Å². The van der Waals surface area contributed by atoms with Gasteiger partial charge in [-0.1, -0.05) is 85.0 Å². The van der Waals surface area contributed by atoms with Crippen molar-refractivity contribution in [3.05, 3.63) is 90.5 Å². The van der Waals surface area contributed by atoms with E-state index in [9.17, 15) is 4.57 Å². The number of fused-ring (bicyclic) bond motifs is 1. The Kier molecular flexibility index (Phi) is 3.60. The fourth-order valence-electron chi connectivity index (χ4n) is 3.98. The Morgan fingerprint density at radius 1 is 0.870 bits per heavy atom. The molecule has 1 saturated heterocycles. The van der Waals surface area contributed by atoms with Crippen LogP contribution in [0.3, 0.4) is 0 Å². The molecule has 0 amide bonds. The average molecular weight is 321 g/mol. The van der Waals surface area contributed by atoms with Crippen molar-refractivity contribution in [1.29, 1.82) is 0 Å². The van der Waals surface area contributed by atoms with Crippen LogP contribution in [0.25, 0.3) is 0 Å². The number of allylic oxidation sites excluding steroid dienone is 3. The van der Waals surface area contributed by atoms with E-state index in [2.05, 4.69) is 47.2 Å². The van der Waals surface area contributed by atoms with Crippen molar-refractivity contribution in [2.45, 2.75) is 11.7 Å². The highest BCUT2D eigenvalue weighted by Gasteiger charge is 2.54. The van der Waals surface area contributed by atoms with Gasteiger partial charge in [-0.15, -0.1) is 0 Å². The second-order valence-electron chi connectivity index (χ2n) is 6.23. The van der Waals surface area contributed by atoms with E-state index in [1.165, 1.54) is 5.56 Å². The zero-order valence-electron chi connectivity index (χ0n) is 13.1. The molecular formula is C20H20NOP. The van der Waals surface area contributed by atoms with E-state index in [-0.39, 0.29) is 17.6 Å². The van der Waals surface area contributed by atoms with Gasteiger partial charge in [-0.05, 0) is 12.6 Å². The largest absolute Gasteiger partial charge is 0.301 e. The first kappa shape index (κ1) is 14.7. The van der Waals surface area contributed by atoms with Gasteiger partial charge in [0.25, 0.3) is 0 Å². The molecule has 4 atom stereocenters. The van der Waals surface area contributed by atoms with E-state index < -0.39 is 7.29 Å². The Morgan fingerprint density at radius 2 is 1.48 bits per heavy atom. The number of hydrogen-bond acceptors (Lipinski definition) is 1. The van der Waals surface area contributed by atoms with Crippen molar-refractivity contribution in [3.63, 3.8) is 0 Å². The topological polar surface area (TPSA) is 20.3 Å². The molecule has 0 bridgehead atoms. The lowest BCUT2D eigenvalue weighted by Crippen LogP contribution is -2.22. The minimum absolute atomic E-state index is 0.0464. The van der Waals surface area contributed by atoms with Crippen molar-refractivity contribution in [1.82, 2.24) is 4.67 Å². The number of rotatable bonds is 2. The van der Waals surface area contributed by atoms with Crippen LogP contribution in [-0.4, -0.2) is 17.4 Å². The summed E-state index contributed by atoms with van der Waals surface area (Å²) in [6, 6.07) is 20.5. The summed E-state index contributed by atoms with van der Waals surface area (Å²) < 4.78 is 16.3. The lowest BCUT2D eigenvalue weighted by Gasteiger charge is -2.27. The standard InChI is InChI=1S/C20H20NOP/c1-21-20(16-10-4-2-5-11-16)18-14-8-9-15-19(18)23(21,22)17-12-6-3-7-13-17/h2-15,18-20H,1H3/t18-,19-,20+,23+/m0/s1. The molecule has 3 heteroatoms. The molecular weight excluding hydrogens is 301 g/mol. The molecule has 0 saturated carbocycles. The average Bonchev–Trinajstić information content (AvgIpc) is 2.86. The summed E-state index contributed by atoms with van der Waals surface area (Å²) in [7, 11) is -0.652. The van der Waals surface area contributed by atoms with E-state index >= 15 is 0 Å². The highest BCUT2D eigenvalue weighted by atomic mass is 31.2. The first-order chi connectivity index (χ1) is 11.2. The van der Waals surface area contributed by atoms with Gasteiger partial charge in [-0.3, -0.25) is 0 Å². The Balaban J connectivity index is 1.87. The zero-order chi connectivity index (χ0) is 15.9. The van der Waals surface area contributed by atoms with Crippen molar-refractivity contribution in [3.8, 4) is 0 Å². The quantitative estimate of drug-likeness (QED) is 0.765. The van der Waals surface area contributed by atoms with Crippen molar-refractivity contribution in [2.24, 2.45) is 5.92 Å². The molecule has 0 spiro atoms. The summed E-state index contributed by atoms with van der Waals surface area (Å²) in [6.07, 6.45) is 8.49. The van der Waals surface area contributed by atoms with Crippen molar-refractivity contribution in [2.75, 3.05) is 7.05 Å². The van der Waals surface area contributed by atoms with Gasteiger partial charge in [0.15, 0.2) is 7.29 Å². The van der Waals surface area contributed by atoms with Gasteiger partial charge < -0.3 is 4.57 Å². The minimum atomic E-state index is -2.67. The Bertz CT molecular complexity index is 797. The molecule has 0 aromatic heterocycles. The fraction of sp³-hybridized carbons (Fsp3) is 0.200. The van der Waals surface area contributed by atoms with Crippen LogP contribution >= 0.6 is 7.29 Å². The third-order valence-electron chi connectivity index (χ3n) is 5.05. The predicted octanol–water partition coefficient (Wildman–Crippen LogP) is 4.39. The maximum atomic E-state index is 14.1. The molecule has 2 aromatic rings. The van der Waals surface area contributed by atoms with Crippen LogP contribution in [0.1, 0.15) is 11.6 Å². The molecule has 2 aliphatic rings. The van der Waals surface area contributed by atoms with E-state index in [1.807, 2.05) is 49.5 Å². The highest BCUT2D eigenvalue weighted by Crippen LogP contribution is 2.67. The molecule has 2 aromatic carbocycles. The van der Waals surface area contributed by atoms with E-state index in [1.54, 1.807) is 0 Å². The first-order valence-electron chi connectivity index (χ1n) is 8.01. The van der Waals surface area contributed by atoms with Crippen LogP contribution in [-0.2, 0) is 4.57 Å². The summed E-state index contributed by atoms with van der Waals surface area (Å²) in [4.78, 5) is 0. The predicted molar refractivity (Wildman–Crippen MR) is 96.2 cm³/mol. The van der Waals surface area contributed by atoms with Crippen LogP contribution < -0.4 is 5.30 Å². The van der Waals surface area contributed by atoms with E-state index in [0.717, 1.165) is 5.30 Å². The Morgan fingerprint density at radius 3 is 2.17 bits per heavy atom. The van der Waals surface area contributed by atoms with Crippen LogP contribution in [0.15, 0.2) is 85.0 Å².